The molecule has 2 aromatic heterocycles. The van der Waals surface area contributed by atoms with E-state index in [1.54, 1.807) is 11.3 Å². The molecule has 0 saturated heterocycles. The van der Waals surface area contributed by atoms with Gasteiger partial charge in [-0.1, -0.05) is 55.4 Å². The van der Waals surface area contributed by atoms with Crippen LogP contribution in [-0.4, -0.2) is 26.3 Å². The summed E-state index contributed by atoms with van der Waals surface area (Å²) in [4.78, 5) is 13.5. The molecular formula is C19H21N3OS2. The highest BCUT2D eigenvalue weighted by molar-refractivity contribution is 7.99. The van der Waals surface area contributed by atoms with Gasteiger partial charge in [-0.3, -0.25) is 4.79 Å². The van der Waals surface area contributed by atoms with Crippen molar-refractivity contribution < 1.29 is 4.79 Å². The second-order valence-corrected chi connectivity index (χ2v) is 7.58. The lowest BCUT2D eigenvalue weighted by molar-refractivity contribution is 0.102. The normalized spacial score (nSPS) is 11.0. The Morgan fingerprint density at radius 3 is 2.60 bits per heavy atom. The van der Waals surface area contributed by atoms with E-state index in [0.29, 0.717) is 5.75 Å². The number of thiophene rings is 1. The van der Waals surface area contributed by atoms with Gasteiger partial charge < -0.3 is 4.57 Å². The van der Waals surface area contributed by atoms with Gasteiger partial charge in [0.15, 0.2) is 16.8 Å². The van der Waals surface area contributed by atoms with Crippen molar-refractivity contribution in [3.8, 4) is 10.7 Å². The van der Waals surface area contributed by atoms with Crippen LogP contribution in [0.4, 0.5) is 0 Å². The zero-order chi connectivity index (χ0) is 17.6. The standard InChI is InChI=1S/C19H21N3OS2/c1-3-6-14-8-10-15(11-9-14)16(23)13-25-19-21-20-18(22(19)4-2)17-7-5-12-24-17/h5,7-12H,3-4,6,13H2,1-2H3. The maximum atomic E-state index is 12.4. The quantitative estimate of drug-likeness (QED) is 0.415. The van der Waals surface area contributed by atoms with Crippen molar-refractivity contribution in [3.63, 3.8) is 0 Å². The monoisotopic (exact) mass is 371 g/mol. The zero-order valence-electron chi connectivity index (χ0n) is 14.4. The van der Waals surface area contributed by atoms with Gasteiger partial charge in [0.1, 0.15) is 0 Å². The van der Waals surface area contributed by atoms with Gasteiger partial charge in [-0.15, -0.1) is 21.5 Å². The van der Waals surface area contributed by atoms with Crippen LogP contribution < -0.4 is 0 Å². The van der Waals surface area contributed by atoms with Gasteiger partial charge in [-0.05, 0) is 30.4 Å². The van der Waals surface area contributed by atoms with E-state index in [1.807, 2.05) is 41.8 Å². The smallest absolute Gasteiger partial charge is 0.191 e. The summed E-state index contributed by atoms with van der Waals surface area (Å²) in [7, 11) is 0. The number of thioether (sulfide) groups is 1. The van der Waals surface area contributed by atoms with E-state index < -0.39 is 0 Å². The minimum absolute atomic E-state index is 0.122. The summed E-state index contributed by atoms with van der Waals surface area (Å²) >= 11 is 3.10. The number of Topliss-reactive ketones (excluding diaryl/α,β-unsaturated/α-hetero) is 1. The van der Waals surface area contributed by atoms with Crippen LogP contribution in [0.3, 0.4) is 0 Å². The summed E-state index contributed by atoms with van der Waals surface area (Å²) < 4.78 is 2.06. The third-order valence-corrected chi connectivity index (χ3v) is 5.75. The summed E-state index contributed by atoms with van der Waals surface area (Å²) in [5.74, 6) is 1.36. The second-order valence-electron chi connectivity index (χ2n) is 5.69. The lowest BCUT2D eigenvalue weighted by Crippen LogP contribution is -2.05. The number of benzene rings is 1. The number of rotatable bonds is 8. The predicted octanol–water partition coefficient (Wildman–Crippen LogP) is 4.95. The molecule has 25 heavy (non-hydrogen) atoms. The van der Waals surface area contributed by atoms with Crippen molar-refractivity contribution in [3.05, 3.63) is 52.9 Å². The molecule has 0 saturated carbocycles. The van der Waals surface area contributed by atoms with E-state index in [2.05, 4.69) is 28.6 Å². The highest BCUT2D eigenvalue weighted by Crippen LogP contribution is 2.27. The molecule has 130 valence electrons. The van der Waals surface area contributed by atoms with Crippen LogP contribution in [-0.2, 0) is 13.0 Å². The Hall–Kier alpha value is -1.92. The Balaban J connectivity index is 1.68. The van der Waals surface area contributed by atoms with Crippen LogP contribution in [0.15, 0.2) is 46.9 Å². The van der Waals surface area contributed by atoms with Gasteiger partial charge >= 0.3 is 0 Å². The van der Waals surface area contributed by atoms with Crippen molar-refractivity contribution in [1.29, 1.82) is 0 Å². The van der Waals surface area contributed by atoms with E-state index in [4.69, 9.17) is 0 Å². The predicted molar refractivity (Wildman–Crippen MR) is 105 cm³/mol. The number of hydrogen-bond donors (Lipinski definition) is 0. The van der Waals surface area contributed by atoms with E-state index in [1.165, 1.54) is 17.3 Å². The van der Waals surface area contributed by atoms with E-state index in [-0.39, 0.29) is 5.78 Å². The van der Waals surface area contributed by atoms with Crippen LogP contribution >= 0.6 is 23.1 Å². The molecule has 0 aliphatic heterocycles. The van der Waals surface area contributed by atoms with Crippen molar-refractivity contribution >= 4 is 28.9 Å². The topological polar surface area (TPSA) is 47.8 Å². The van der Waals surface area contributed by atoms with Gasteiger partial charge in [0, 0.05) is 12.1 Å². The number of hydrogen-bond acceptors (Lipinski definition) is 5. The van der Waals surface area contributed by atoms with Crippen LogP contribution in [0.25, 0.3) is 10.7 Å². The lowest BCUT2D eigenvalue weighted by atomic mass is 10.1. The molecule has 4 nitrogen and oxygen atoms in total. The van der Waals surface area contributed by atoms with Gasteiger partial charge in [-0.25, -0.2) is 0 Å². The molecule has 0 unspecified atom stereocenters. The lowest BCUT2D eigenvalue weighted by Gasteiger charge is -2.06. The molecule has 3 aromatic rings. The Bertz CT molecular complexity index is 823. The fourth-order valence-electron chi connectivity index (χ4n) is 2.63. The molecule has 0 radical (unpaired) electrons. The Morgan fingerprint density at radius 2 is 1.96 bits per heavy atom. The van der Waals surface area contributed by atoms with Gasteiger partial charge in [0.25, 0.3) is 0 Å². The van der Waals surface area contributed by atoms with E-state index in [9.17, 15) is 4.79 Å². The fourth-order valence-corrected chi connectivity index (χ4v) is 4.24. The van der Waals surface area contributed by atoms with Crippen LogP contribution in [0, 0.1) is 0 Å². The fraction of sp³-hybridized carbons (Fsp3) is 0.316. The summed E-state index contributed by atoms with van der Waals surface area (Å²) in [6.45, 7) is 5.01. The number of nitrogens with zero attached hydrogens (tertiary/aromatic N) is 3. The minimum Gasteiger partial charge on any atom is -0.302 e. The van der Waals surface area contributed by atoms with E-state index in [0.717, 1.165) is 40.8 Å². The molecule has 3 rings (SSSR count). The van der Waals surface area contributed by atoms with Crippen LogP contribution in [0.1, 0.15) is 36.2 Å². The Labute approximate surface area is 156 Å². The Kier molecular flexibility index (Phi) is 6.04. The zero-order valence-corrected chi connectivity index (χ0v) is 16.1. The number of aromatic nitrogens is 3. The van der Waals surface area contributed by atoms with Crippen molar-refractivity contribution in [2.75, 3.05) is 5.75 Å². The first-order chi connectivity index (χ1) is 12.2. The van der Waals surface area contributed by atoms with Gasteiger partial charge in [0.05, 0.1) is 10.6 Å². The van der Waals surface area contributed by atoms with Crippen molar-refractivity contribution in [1.82, 2.24) is 14.8 Å². The first-order valence-electron chi connectivity index (χ1n) is 8.45. The van der Waals surface area contributed by atoms with Gasteiger partial charge in [-0.2, -0.15) is 0 Å². The summed E-state index contributed by atoms with van der Waals surface area (Å²) in [5, 5.41) is 11.4. The first-order valence-corrected chi connectivity index (χ1v) is 10.3. The number of aryl methyl sites for hydroxylation is 1. The number of carbonyl (C=O) groups is 1. The number of ketones is 1. The molecule has 0 aliphatic rings. The molecule has 0 amide bonds. The van der Waals surface area contributed by atoms with E-state index >= 15 is 0 Å². The van der Waals surface area contributed by atoms with Crippen molar-refractivity contribution in [2.24, 2.45) is 0 Å². The molecule has 1 aromatic carbocycles. The third kappa shape index (κ3) is 4.19. The highest BCUT2D eigenvalue weighted by atomic mass is 32.2. The summed E-state index contributed by atoms with van der Waals surface area (Å²) in [6.07, 6.45) is 2.16. The molecule has 0 N–H and O–H groups in total. The molecule has 0 atom stereocenters. The minimum atomic E-state index is 0.122. The molecule has 0 spiro atoms. The SMILES string of the molecule is CCCc1ccc(C(=O)CSc2nnc(-c3cccs3)n2CC)cc1. The van der Waals surface area contributed by atoms with Crippen molar-refractivity contribution in [2.45, 2.75) is 38.4 Å². The Morgan fingerprint density at radius 1 is 1.16 bits per heavy atom. The maximum absolute atomic E-state index is 12.4. The average molecular weight is 372 g/mol. The molecular weight excluding hydrogens is 350 g/mol. The second kappa shape index (κ2) is 8.45. The summed E-state index contributed by atoms with van der Waals surface area (Å²) in [5.41, 5.74) is 2.03. The third-order valence-electron chi connectivity index (χ3n) is 3.92. The summed E-state index contributed by atoms with van der Waals surface area (Å²) in [6, 6.07) is 12.0. The average Bonchev–Trinajstić information content (AvgIpc) is 3.29. The largest absolute Gasteiger partial charge is 0.302 e. The maximum Gasteiger partial charge on any atom is 0.191 e. The molecule has 0 fully saturated rings. The molecule has 0 bridgehead atoms. The molecule has 0 aliphatic carbocycles. The van der Waals surface area contributed by atoms with Gasteiger partial charge in [0.2, 0.25) is 0 Å². The molecule has 6 heteroatoms. The van der Waals surface area contributed by atoms with Crippen LogP contribution in [0.5, 0.6) is 0 Å². The highest BCUT2D eigenvalue weighted by Gasteiger charge is 2.15. The number of carbonyl (C=O) groups excluding carboxylic acids is 1. The molecule has 2 heterocycles. The van der Waals surface area contributed by atoms with Crippen LogP contribution in [0.2, 0.25) is 0 Å². The first kappa shape index (κ1) is 17.9.